The van der Waals surface area contributed by atoms with Gasteiger partial charge in [-0.1, -0.05) is 43.7 Å². The highest BCUT2D eigenvalue weighted by Gasteiger charge is 2.30. The number of aliphatic hydroxyl groups is 1. The Bertz CT molecular complexity index is 1080. The number of rotatable bonds is 4. The number of carboxylic acid groups (broad SMARTS) is 1. The first-order chi connectivity index (χ1) is 19.7. The van der Waals surface area contributed by atoms with Crippen molar-refractivity contribution in [3.63, 3.8) is 0 Å². The highest BCUT2D eigenvalue weighted by atomic mass is 16.4. The molecule has 0 fully saturated rings. The van der Waals surface area contributed by atoms with Gasteiger partial charge < -0.3 is 37.2 Å². The molecular weight excluding hydrogens is 538 g/mol. The molecule has 11 heteroatoms. The molecule has 2 aliphatic rings. The Morgan fingerprint density at radius 1 is 1.14 bits per heavy atom. The fourth-order valence-electron chi connectivity index (χ4n) is 4.31. The molecule has 11 nitrogen and oxygen atoms in total. The number of ketones is 2. The Labute approximate surface area is 250 Å². The minimum absolute atomic E-state index is 0.00786. The molecule has 0 radical (unpaired) electrons. The first-order valence-electron chi connectivity index (χ1n) is 14.2. The van der Waals surface area contributed by atoms with Crippen LogP contribution in [0.1, 0.15) is 59.8 Å². The van der Waals surface area contributed by atoms with Crippen molar-refractivity contribution in [2.24, 2.45) is 23.3 Å². The van der Waals surface area contributed by atoms with E-state index >= 15 is 0 Å². The molecule has 236 valence electrons. The van der Waals surface area contributed by atoms with E-state index in [2.05, 4.69) is 35.1 Å². The number of hydrogen-bond acceptors (Lipinski definition) is 8. The summed E-state index contributed by atoms with van der Waals surface area (Å²) in [7, 11) is 5.38. The maximum atomic E-state index is 13.4. The normalized spacial score (nSPS) is 25.7. The molecule has 8 N–H and O–H groups in total. The van der Waals surface area contributed by atoms with Crippen molar-refractivity contribution in [3.8, 4) is 0 Å². The number of carbonyl (C=O) groups is 4. The molecule has 0 spiro atoms. The van der Waals surface area contributed by atoms with Crippen LogP contribution in [0.4, 0.5) is 4.79 Å². The van der Waals surface area contributed by atoms with Gasteiger partial charge in [0.1, 0.15) is 0 Å². The summed E-state index contributed by atoms with van der Waals surface area (Å²) < 4.78 is 0. The van der Waals surface area contributed by atoms with Crippen molar-refractivity contribution in [3.05, 3.63) is 58.5 Å². The van der Waals surface area contributed by atoms with Crippen LogP contribution in [0.3, 0.4) is 0 Å². The molecular formula is C31H51N5O6. The fraction of sp³-hybridized carbons (Fsp3) is 0.548. The SMILES string of the molecule is C/C1=C\C(C)C(O)CCC(C)CC2=C(NCCN(C)C)C(=O)C=C(NC(=O)/C(C)=C/C=C\CC1)C2=O.CN.NC(=O)O. The molecule has 0 saturated carbocycles. The number of fused-ring (bicyclic) bond motifs is 2. The lowest BCUT2D eigenvalue weighted by Crippen LogP contribution is -2.37. The topological polar surface area (TPSA) is 188 Å². The Balaban J connectivity index is 0.00000257. The van der Waals surface area contributed by atoms with Crippen LogP contribution in [0.25, 0.3) is 0 Å². The standard InChI is InChI=1S/C29H43N3O4.CH3NO2.CH5N/c1-19-10-8-7-9-11-21(3)29(36)31-24-18-26(34)27(30-14-15-32(5)6)23(28(24)35)17-20(2)12-13-25(33)22(4)16-19;2-1(3)4;1-2/h7,9,11,16,18,20,22,25,30,33H,8,10,12-15,17H2,1-6H3,(H,31,36);2H2,(H,3,4);2H2,1H3/b9-7-,19-16+,21-11+;;. The maximum Gasteiger partial charge on any atom is 0.402 e. The summed E-state index contributed by atoms with van der Waals surface area (Å²) in [5, 5.41) is 23.7. The van der Waals surface area contributed by atoms with Gasteiger partial charge in [-0.15, -0.1) is 0 Å². The van der Waals surface area contributed by atoms with Crippen molar-refractivity contribution in [1.29, 1.82) is 0 Å². The van der Waals surface area contributed by atoms with Gasteiger partial charge in [-0.05, 0) is 73.0 Å². The minimum atomic E-state index is -1.33. The van der Waals surface area contributed by atoms with Crippen molar-refractivity contribution >= 4 is 23.6 Å². The predicted molar refractivity (Wildman–Crippen MR) is 166 cm³/mol. The molecule has 2 rings (SSSR count). The zero-order valence-electron chi connectivity index (χ0n) is 26.2. The molecule has 2 amide bonds. The number of Topliss-reactive ketones (excluding diaryl/α,β-unsaturated/α-hetero) is 1. The highest BCUT2D eigenvalue weighted by molar-refractivity contribution is 6.23. The lowest BCUT2D eigenvalue weighted by Gasteiger charge is -2.24. The van der Waals surface area contributed by atoms with Gasteiger partial charge >= 0.3 is 6.09 Å². The van der Waals surface area contributed by atoms with E-state index in [1.165, 1.54) is 18.7 Å². The zero-order valence-corrected chi connectivity index (χ0v) is 26.2. The number of likely N-dealkylation sites (N-methyl/N-ethyl adjacent to an activating group) is 1. The summed E-state index contributed by atoms with van der Waals surface area (Å²) in [4.78, 5) is 50.0. The second kappa shape index (κ2) is 20.4. The van der Waals surface area contributed by atoms with E-state index in [0.717, 1.165) is 12.8 Å². The van der Waals surface area contributed by atoms with E-state index in [0.29, 0.717) is 49.2 Å². The summed E-state index contributed by atoms with van der Waals surface area (Å²) in [5.74, 6) is -0.961. The summed E-state index contributed by atoms with van der Waals surface area (Å²) in [6.07, 6.45) is 10.5. The van der Waals surface area contributed by atoms with Crippen LogP contribution in [0.2, 0.25) is 0 Å². The van der Waals surface area contributed by atoms with Gasteiger partial charge in [0.05, 0.1) is 17.5 Å². The predicted octanol–water partition coefficient (Wildman–Crippen LogP) is 2.79. The van der Waals surface area contributed by atoms with Gasteiger partial charge in [-0.3, -0.25) is 14.4 Å². The van der Waals surface area contributed by atoms with Crippen LogP contribution in [-0.2, 0) is 14.4 Å². The van der Waals surface area contributed by atoms with E-state index in [-0.39, 0.29) is 29.1 Å². The number of hydrogen-bond donors (Lipinski definition) is 6. The third-order valence-electron chi connectivity index (χ3n) is 6.66. The van der Waals surface area contributed by atoms with Gasteiger partial charge in [0.15, 0.2) is 0 Å². The quantitative estimate of drug-likeness (QED) is 0.212. The molecule has 0 aromatic heterocycles. The van der Waals surface area contributed by atoms with Crippen molar-refractivity contribution in [2.75, 3.05) is 34.2 Å². The molecule has 1 aliphatic carbocycles. The summed E-state index contributed by atoms with van der Waals surface area (Å²) in [6.45, 7) is 9.03. The average molecular weight is 590 g/mol. The van der Waals surface area contributed by atoms with Crippen LogP contribution in [0, 0.1) is 11.8 Å². The summed E-state index contributed by atoms with van der Waals surface area (Å²) >= 11 is 0. The minimum Gasteiger partial charge on any atom is -0.465 e. The summed E-state index contributed by atoms with van der Waals surface area (Å²) in [6, 6.07) is 0. The molecule has 1 aliphatic heterocycles. The van der Waals surface area contributed by atoms with Gasteiger partial charge in [0.2, 0.25) is 11.6 Å². The van der Waals surface area contributed by atoms with Crippen LogP contribution >= 0.6 is 0 Å². The molecule has 3 atom stereocenters. The van der Waals surface area contributed by atoms with E-state index < -0.39 is 18.1 Å². The smallest absolute Gasteiger partial charge is 0.402 e. The Morgan fingerprint density at radius 3 is 2.36 bits per heavy atom. The molecule has 0 aromatic rings. The first kappa shape index (κ1) is 38.5. The monoisotopic (exact) mass is 589 g/mol. The molecule has 1 heterocycles. The Kier molecular flexibility index (Phi) is 18.6. The number of aliphatic hydroxyl groups excluding tert-OH is 1. The molecule has 0 aromatic carbocycles. The second-order valence-corrected chi connectivity index (χ2v) is 10.8. The number of nitrogens with two attached hydrogens (primary N) is 2. The van der Waals surface area contributed by atoms with Crippen LogP contribution in [0.5, 0.6) is 0 Å². The lowest BCUT2D eigenvalue weighted by molar-refractivity contribution is -0.120. The van der Waals surface area contributed by atoms with E-state index in [9.17, 15) is 19.5 Å². The third-order valence-corrected chi connectivity index (χ3v) is 6.66. The number of carbonyl (C=O) groups excluding carboxylic acids is 3. The third kappa shape index (κ3) is 14.9. The maximum absolute atomic E-state index is 13.4. The van der Waals surface area contributed by atoms with Gasteiger partial charge in [0.25, 0.3) is 5.91 Å². The number of nitrogens with one attached hydrogen (secondary N) is 2. The first-order valence-corrected chi connectivity index (χ1v) is 14.2. The van der Waals surface area contributed by atoms with Crippen molar-refractivity contribution in [1.82, 2.24) is 15.5 Å². The molecule has 3 unspecified atom stereocenters. The molecule has 2 bridgehead atoms. The average Bonchev–Trinajstić information content (AvgIpc) is 2.91. The van der Waals surface area contributed by atoms with Crippen LogP contribution < -0.4 is 22.1 Å². The highest BCUT2D eigenvalue weighted by Crippen LogP contribution is 2.27. The van der Waals surface area contributed by atoms with E-state index in [4.69, 9.17) is 9.90 Å². The zero-order chi connectivity index (χ0) is 32.4. The number of amides is 2. The van der Waals surface area contributed by atoms with Crippen molar-refractivity contribution < 1.29 is 29.4 Å². The number of allylic oxidation sites excluding steroid dienone is 6. The lowest BCUT2D eigenvalue weighted by atomic mass is 9.86. The fourth-order valence-corrected chi connectivity index (χ4v) is 4.31. The van der Waals surface area contributed by atoms with Gasteiger partial charge in [-0.2, -0.15) is 0 Å². The number of primary amides is 1. The van der Waals surface area contributed by atoms with Gasteiger partial charge in [0, 0.05) is 36.2 Å². The van der Waals surface area contributed by atoms with E-state index in [1.807, 2.05) is 45.0 Å². The Hall–Kier alpha value is -3.54. The number of nitrogens with zero attached hydrogens (tertiary/aromatic N) is 1. The van der Waals surface area contributed by atoms with E-state index in [1.54, 1.807) is 13.0 Å². The second-order valence-electron chi connectivity index (χ2n) is 10.8. The Morgan fingerprint density at radius 2 is 1.76 bits per heavy atom. The van der Waals surface area contributed by atoms with Crippen molar-refractivity contribution in [2.45, 2.75) is 65.9 Å². The summed E-state index contributed by atoms with van der Waals surface area (Å²) in [5.41, 5.74) is 10.9. The largest absolute Gasteiger partial charge is 0.465 e. The van der Waals surface area contributed by atoms with Crippen LogP contribution in [0.15, 0.2) is 58.5 Å². The molecule has 0 saturated heterocycles. The van der Waals surface area contributed by atoms with Crippen LogP contribution in [-0.4, -0.2) is 79.0 Å². The van der Waals surface area contributed by atoms with Gasteiger partial charge in [-0.25, -0.2) is 4.79 Å². The molecule has 42 heavy (non-hydrogen) atoms.